The van der Waals surface area contributed by atoms with Crippen LogP contribution in [-0.2, 0) is 11.8 Å². The lowest BCUT2D eigenvalue weighted by Crippen LogP contribution is -2.37. The number of fused-ring (bicyclic) bond motifs is 4. The van der Waals surface area contributed by atoms with E-state index in [1.54, 1.807) is 0 Å². The quantitative estimate of drug-likeness (QED) is 0.305. The van der Waals surface area contributed by atoms with Gasteiger partial charge in [-0.3, -0.25) is 0 Å². The molecule has 0 amide bonds. The van der Waals surface area contributed by atoms with Crippen molar-refractivity contribution in [1.29, 1.82) is 0 Å². The number of hydrogen-bond donors (Lipinski definition) is 0. The number of morpholine rings is 1. The van der Waals surface area contributed by atoms with Crippen LogP contribution in [0.5, 0.6) is 0 Å². The largest absolute Gasteiger partial charge is 0.378 e. The number of hydrogen-bond acceptors (Lipinski definition) is 3. The highest BCUT2D eigenvalue weighted by Crippen LogP contribution is 2.33. The van der Waals surface area contributed by atoms with Crippen LogP contribution in [0.4, 0.5) is 5.69 Å². The third-order valence-corrected chi connectivity index (χ3v) is 5.16. The minimum absolute atomic E-state index is 0.786. The van der Waals surface area contributed by atoms with E-state index >= 15 is 0 Å². The molecule has 0 spiro atoms. The summed E-state index contributed by atoms with van der Waals surface area (Å²) in [4.78, 5) is 7.42. The summed E-state index contributed by atoms with van der Waals surface area (Å²) >= 11 is 0. The zero-order valence-corrected chi connectivity index (χ0v) is 14.3. The van der Waals surface area contributed by atoms with Gasteiger partial charge in [0.15, 0.2) is 0 Å². The molecule has 0 N–H and O–H groups in total. The number of aryl methyl sites for hydroxylation is 1. The van der Waals surface area contributed by atoms with Crippen LogP contribution in [-0.4, -0.2) is 31.3 Å². The Morgan fingerprint density at radius 1 is 0.920 bits per heavy atom. The number of ether oxygens (including phenoxy) is 1. The highest BCUT2D eigenvalue weighted by molar-refractivity contribution is 6.10. The Hall–Kier alpha value is -2.72. The molecule has 4 heteroatoms. The van der Waals surface area contributed by atoms with E-state index in [4.69, 9.17) is 9.72 Å². The summed E-state index contributed by atoms with van der Waals surface area (Å²) in [6, 6.07) is 19.2. The second-order valence-electron chi connectivity index (χ2n) is 6.57. The second-order valence-corrected chi connectivity index (χ2v) is 6.57. The van der Waals surface area contributed by atoms with E-state index in [1.165, 1.54) is 22.0 Å². The third-order valence-electron chi connectivity index (χ3n) is 5.16. The Balaban J connectivity index is 1.90. The fraction of sp³-hybridized carbons (Fsp3) is 0.238. The number of rotatable bonds is 1. The van der Waals surface area contributed by atoms with E-state index in [-0.39, 0.29) is 0 Å². The molecule has 0 atom stereocenters. The zero-order chi connectivity index (χ0) is 16.8. The van der Waals surface area contributed by atoms with Gasteiger partial charge in [-0.05, 0) is 6.07 Å². The van der Waals surface area contributed by atoms with Crippen LogP contribution < -0.4 is 9.47 Å². The van der Waals surface area contributed by atoms with Gasteiger partial charge in [-0.1, -0.05) is 36.4 Å². The van der Waals surface area contributed by atoms with Gasteiger partial charge in [-0.15, -0.1) is 0 Å². The maximum absolute atomic E-state index is 5.54. The van der Waals surface area contributed by atoms with E-state index < -0.39 is 0 Å². The maximum atomic E-state index is 5.54. The van der Waals surface area contributed by atoms with Crippen molar-refractivity contribution >= 4 is 38.5 Å². The molecular weight excluding hydrogens is 310 g/mol. The molecule has 1 fully saturated rings. The standard InChI is InChI=1S/C21H20N3O/c1-23-18-9-5-4-8-17(18)22-21-16-7-3-2-6-15(16)19(14-20(21)23)24-10-12-25-13-11-24/h2-9,14H,10-13H2,1H3/q+1. The molecule has 1 saturated heterocycles. The highest BCUT2D eigenvalue weighted by Gasteiger charge is 2.21. The Kier molecular flexibility index (Phi) is 3.31. The number of para-hydroxylation sites is 2. The van der Waals surface area contributed by atoms with Crippen LogP contribution in [0.1, 0.15) is 0 Å². The van der Waals surface area contributed by atoms with Crippen molar-refractivity contribution in [1.82, 2.24) is 4.98 Å². The SMILES string of the molecule is C[n+]1c2ccccc2nc2c3ccccc3c(N3CCOCC3)cc21. The molecule has 4 nitrogen and oxygen atoms in total. The van der Waals surface area contributed by atoms with Crippen molar-refractivity contribution < 1.29 is 9.30 Å². The molecule has 5 rings (SSSR count). The van der Waals surface area contributed by atoms with E-state index in [9.17, 15) is 0 Å². The normalized spacial score (nSPS) is 15.3. The first-order chi connectivity index (χ1) is 12.3. The summed E-state index contributed by atoms with van der Waals surface area (Å²) in [5.74, 6) is 0. The van der Waals surface area contributed by atoms with Crippen molar-refractivity contribution in [3.63, 3.8) is 0 Å². The summed E-state index contributed by atoms with van der Waals surface area (Å²) in [5.41, 5.74) is 5.69. The van der Waals surface area contributed by atoms with Gasteiger partial charge in [0.2, 0.25) is 11.0 Å². The van der Waals surface area contributed by atoms with Gasteiger partial charge in [0.25, 0.3) is 0 Å². The molecule has 2 heterocycles. The fourth-order valence-electron chi connectivity index (χ4n) is 3.86. The molecule has 0 saturated carbocycles. The van der Waals surface area contributed by atoms with Gasteiger partial charge in [-0.25, -0.2) is 4.98 Å². The van der Waals surface area contributed by atoms with Gasteiger partial charge >= 0.3 is 0 Å². The van der Waals surface area contributed by atoms with Crippen LogP contribution in [0, 0.1) is 0 Å². The Bertz CT molecular complexity index is 1100. The van der Waals surface area contributed by atoms with Crippen molar-refractivity contribution in [3.05, 3.63) is 54.6 Å². The summed E-state index contributed by atoms with van der Waals surface area (Å²) in [5, 5.41) is 2.47. The van der Waals surface area contributed by atoms with Gasteiger partial charge in [0, 0.05) is 36.0 Å². The first kappa shape index (κ1) is 14.6. The van der Waals surface area contributed by atoms with Crippen molar-refractivity contribution in [2.75, 3.05) is 31.2 Å². The van der Waals surface area contributed by atoms with Crippen LogP contribution in [0.15, 0.2) is 54.6 Å². The molecule has 0 bridgehead atoms. The molecule has 25 heavy (non-hydrogen) atoms. The fourth-order valence-corrected chi connectivity index (χ4v) is 3.86. The Morgan fingerprint density at radius 3 is 2.48 bits per heavy atom. The topological polar surface area (TPSA) is 29.2 Å². The molecule has 0 unspecified atom stereocenters. The first-order valence-corrected chi connectivity index (χ1v) is 8.76. The van der Waals surface area contributed by atoms with Gasteiger partial charge in [0.1, 0.15) is 18.1 Å². The van der Waals surface area contributed by atoms with Crippen LogP contribution >= 0.6 is 0 Å². The van der Waals surface area contributed by atoms with Gasteiger partial charge in [0.05, 0.1) is 18.9 Å². The Morgan fingerprint density at radius 2 is 1.64 bits per heavy atom. The maximum Gasteiger partial charge on any atom is 0.234 e. The van der Waals surface area contributed by atoms with E-state index in [2.05, 4.69) is 65.0 Å². The number of anilines is 1. The smallest absolute Gasteiger partial charge is 0.234 e. The molecular formula is C21H20N3O+. The molecule has 0 radical (unpaired) electrons. The minimum atomic E-state index is 0.786. The van der Waals surface area contributed by atoms with E-state index in [0.717, 1.165) is 42.9 Å². The minimum Gasteiger partial charge on any atom is -0.378 e. The van der Waals surface area contributed by atoms with Gasteiger partial charge in [-0.2, -0.15) is 4.57 Å². The predicted octanol–water partition coefficient (Wildman–Crippen LogP) is 3.20. The van der Waals surface area contributed by atoms with Gasteiger partial charge < -0.3 is 9.64 Å². The summed E-state index contributed by atoms with van der Waals surface area (Å²) < 4.78 is 7.80. The lowest BCUT2D eigenvalue weighted by molar-refractivity contribution is -0.617. The molecule has 0 aliphatic carbocycles. The monoisotopic (exact) mass is 330 g/mol. The lowest BCUT2D eigenvalue weighted by Gasteiger charge is -2.29. The summed E-state index contributed by atoms with van der Waals surface area (Å²) in [6.45, 7) is 3.43. The predicted molar refractivity (Wildman–Crippen MR) is 101 cm³/mol. The zero-order valence-electron chi connectivity index (χ0n) is 14.3. The molecule has 1 aliphatic heterocycles. The average molecular weight is 330 g/mol. The number of nitrogens with zero attached hydrogens (tertiary/aromatic N) is 3. The summed E-state index contributed by atoms with van der Waals surface area (Å²) in [7, 11) is 2.13. The third kappa shape index (κ3) is 2.25. The van der Waals surface area contributed by atoms with Crippen LogP contribution in [0.2, 0.25) is 0 Å². The molecule has 4 aromatic rings. The molecule has 1 aliphatic rings. The van der Waals surface area contributed by atoms with Crippen LogP contribution in [0.3, 0.4) is 0 Å². The molecule has 1 aromatic heterocycles. The van der Waals surface area contributed by atoms with E-state index in [1.807, 2.05) is 6.07 Å². The van der Waals surface area contributed by atoms with Crippen LogP contribution in [0.25, 0.3) is 32.8 Å². The van der Waals surface area contributed by atoms with Crippen molar-refractivity contribution in [3.8, 4) is 0 Å². The van der Waals surface area contributed by atoms with E-state index in [0.29, 0.717) is 0 Å². The first-order valence-electron chi connectivity index (χ1n) is 8.76. The Labute approximate surface area is 146 Å². The molecule has 3 aromatic carbocycles. The van der Waals surface area contributed by atoms with Crippen molar-refractivity contribution in [2.45, 2.75) is 0 Å². The lowest BCUT2D eigenvalue weighted by atomic mass is 10.0. The highest BCUT2D eigenvalue weighted by atomic mass is 16.5. The van der Waals surface area contributed by atoms with Crippen molar-refractivity contribution in [2.24, 2.45) is 7.05 Å². The number of aromatic nitrogens is 2. The molecule has 124 valence electrons. The summed E-state index contributed by atoms with van der Waals surface area (Å²) in [6.07, 6.45) is 0. The average Bonchev–Trinajstić information content (AvgIpc) is 2.68. The second kappa shape index (κ2) is 5.67. The number of benzene rings is 3.